The first-order valence-corrected chi connectivity index (χ1v) is 12.2. The van der Waals surface area contributed by atoms with Gasteiger partial charge in [-0.2, -0.15) is 0 Å². The Bertz CT molecular complexity index is 1240. The minimum absolute atomic E-state index is 0.178. The molecule has 194 valence electrons. The largest absolute Gasteiger partial charge is 0.573 e. The van der Waals surface area contributed by atoms with E-state index in [0.717, 1.165) is 23.9 Å². The van der Waals surface area contributed by atoms with Crippen LogP contribution in [0.3, 0.4) is 0 Å². The molecule has 1 aromatic heterocycles. The Balaban J connectivity index is 1.81. The van der Waals surface area contributed by atoms with E-state index in [1.165, 1.54) is 37.8 Å². The topological polar surface area (TPSA) is 65.4 Å². The van der Waals surface area contributed by atoms with Gasteiger partial charge in [0.2, 0.25) is 5.95 Å². The molecule has 1 aliphatic rings. The van der Waals surface area contributed by atoms with E-state index >= 15 is 0 Å². The van der Waals surface area contributed by atoms with E-state index in [1.807, 2.05) is 13.0 Å². The van der Waals surface area contributed by atoms with Crippen LogP contribution in [-0.4, -0.2) is 29.0 Å². The molecular weight excluding hydrogens is 471 g/mol. The van der Waals surface area contributed by atoms with Gasteiger partial charge in [-0.3, -0.25) is 0 Å². The normalized spacial score (nSPS) is 20.5. The number of hydrogen-bond acceptors (Lipinski definition) is 5. The van der Waals surface area contributed by atoms with Crippen LogP contribution in [0.4, 0.5) is 24.8 Å². The van der Waals surface area contributed by atoms with Crippen molar-refractivity contribution in [1.29, 1.82) is 0 Å². The lowest BCUT2D eigenvalue weighted by atomic mass is 9.74. The van der Waals surface area contributed by atoms with Crippen molar-refractivity contribution in [2.24, 2.45) is 17.8 Å². The standard InChI is InChI=1S/C27H32F3N3O3/c1-15(2)20-11-6-16(3)12-23(20)33-24-13-17(4)21(25(34)35-5)14-22(24)32-26(33)31-18-7-9-19(10-8-18)36-27(28,29)30/h7-10,13-16,20,23H,6,11-12H2,1-5H3,(H,31,32)/t16-,20-,23-/m1/s1. The van der Waals surface area contributed by atoms with Crippen molar-refractivity contribution in [2.45, 2.75) is 59.4 Å². The summed E-state index contributed by atoms with van der Waals surface area (Å²) in [5, 5.41) is 3.30. The number of aryl methyl sites for hydroxylation is 1. The Morgan fingerprint density at radius 2 is 1.86 bits per heavy atom. The van der Waals surface area contributed by atoms with Crippen LogP contribution in [-0.2, 0) is 4.74 Å². The van der Waals surface area contributed by atoms with Crippen LogP contribution in [0.1, 0.15) is 62.0 Å². The number of esters is 1. The number of aromatic nitrogens is 2. The Hall–Kier alpha value is -3.23. The third-order valence-electron chi connectivity index (χ3n) is 7.10. The first-order valence-electron chi connectivity index (χ1n) is 12.2. The molecule has 1 saturated carbocycles. The molecule has 36 heavy (non-hydrogen) atoms. The Labute approximate surface area is 208 Å². The van der Waals surface area contributed by atoms with Crippen molar-refractivity contribution < 1.29 is 27.4 Å². The van der Waals surface area contributed by atoms with Crippen molar-refractivity contribution in [1.82, 2.24) is 9.55 Å². The van der Waals surface area contributed by atoms with E-state index in [9.17, 15) is 18.0 Å². The predicted octanol–water partition coefficient (Wildman–Crippen LogP) is 7.41. The number of alkyl halides is 3. The van der Waals surface area contributed by atoms with Gasteiger partial charge in [-0.1, -0.05) is 27.2 Å². The molecule has 1 heterocycles. The SMILES string of the molecule is COC(=O)c1cc2nc(Nc3ccc(OC(F)(F)F)cc3)n([C@@H]3C[C@H](C)CC[C@@H]3C(C)C)c2cc1C. The maximum absolute atomic E-state index is 12.6. The minimum atomic E-state index is -4.75. The fourth-order valence-corrected chi connectivity index (χ4v) is 5.32. The van der Waals surface area contributed by atoms with Crippen LogP contribution in [0.15, 0.2) is 36.4 Å². The summed E-state index contributed by atoms with van der Waals surface area (Å²) >= 11 is 0. The molecule has 1 aliphatic carbocycles. The summed E-state index contributed by atoms with van der Waals surface area (Å²) in [5.41, 5.74) is 3.38. The van der Waals surface area contributed by atoms with Crippen LogP contribution in [0.2, 0.25) is 0 Å². The molecule has 0 spiro atoms. The van der Waals surface area contributed by atoms with E-state index < -0.39 is 12.3 Å². The maximum Gasteiger partial charge on any atom is 0.573 e. The molecule has 0 saturated heterocycles. The lowest BCUT2D eigenvalue weighted by Gasteiger charge is -2.39. The molecule has 1 N–H and O–H groups in total. The highest BCUT2D eigenvalue weighted by molar-refractivity contribution is 5.96. The van der Waals surface area contributed by atoms with E-state index in [2.05, 4.69) is 35.4 Å². The van der Waals surface area contributed by atoms with Gasteiger partial charge in [-0.15, -0.1) is 13.2 Å². The Morgan fingerprint density at radius 1 is 1.17 bits per heavy atom. The van der Waals surface area contributed by atoms with E-state index in [1.54, 1.807) is 6.07 Å². The lowest BCUT2D eigenvalue weighted by Crippen LogP contribution is -2.30. The van der Waals surface area contributed by atoms with Gasteiger partial charge in [0.15, 0.2) is 0 Å². The van der Waals surface area contributed by atoms with Gasteiger partial charge in [0.1, 0.15) is 5.75 Å². The van der Waals surface area contributed by atoms with Crippen molar-refractivity contribution in [3.63, 3.8) is 0 Å². The molecule has 0 aliphatic heterocycles. The van der Waals surface area contributed by atoms with Crippen molar-refractivity contribution >= 4 is 28.6 Å². The maximum atomic E-state index is 12.6. The summed E-state index contributed by atoms with van der Waals surface area (Å²) in [6.07, 6.45) is -1.49. The summed E-state index contributed by atoms with van der Waals surface area (Å²) < 4.78 is 48.8. The highest BCUT2D eigenvalue weighted by Crippen LogP contribution is 2.44. The fraction of sp³-hybridized carbons (Fsp3) is 0.481. The van der Waals surface area contributed by atoms with Crippen LogP contribution >= 0.6 is 0 Å². The monoisotopic (exact) mass is 503 g/mol. The number of carbonyl (C=O) groups is 1. The second-order valence-corrected chi connectivity index (χ2v) is 10.0. The van der Waals surface area contributed by atoms with Crippen molar-refractivity contribution in [3.05, 3.63) is 47.5 Å². The highest BCUT2D eigenvalue weighted by Gasteiger charge is 2.35. The molecule has 9 heteroatoms. The molecule has 3 atom stereocenters. The molecule has 0 unspecified atom stereocenters. The summed E-state index contributed by atoms with van der Waals surface area (Å²) in [6.45, 7) is 8.61. The number of fused-ring (bicyclic) bond motifs is 1. The summed E-state index contributed by atoms with van der Waals surface area (Å²) in [7, 11) is 1.35. The van der Waals surface area contributed by atoms with Crippen LogP contribution in [0.5, 0.6) is 5.75 Å². The average molecular weight is 504 g/mol. The third kappa shape index (κ3) is 5.44. The average Bonchev–Trinajstić information content (AvgIpc) is 3.14. The van der Waals surface area contributed by atoms with Crippen LogP contribution in [0, 0.1) is 24.7 Å². The first-order chi connectivity index (χ1) is 17.0. The minimum Gasteiger partial charge on any atom is -0.465 e. The van der Waals surface area contributed by atoms with Gasteiger partial charge in [0.25, 0.3) is 0 Å². The molecule has 4 rings (SSSR count). The zero-order valence-electron chi connectivity index (χ0n) is 21.1. The third-order valence-corrected chi connectivity index (χ3v) is 7.10. The summed E-state index contributed by atoms with van der Waals surface area (Å²) in [4.78, 5) is 17.1. The lowest BCUT2D eigenvalue weighted by molar-refractivity contribution is -0.274. The molecule has 2 aromatic carbocycles. The van der Waals surface area contributed by atoms with E-state index in [4.69, 9.17) is 9.72 Å². The molecular formula is C27H32F3N3O3. The van der Waals surface area contributed by atoms with Crippen LogP contribution in [0.25, 0.3) is 11.0 Å². The quantitative estimate of drug-likeness (QED) is 0.355. The zero-order valence-corrected chi connectivity index (χ0v) is 21.1. The number of halogens is 3. The van der Waals surface area contributed by atoms with Gasteiger partial charge < -0.3 is 19.4 Å². The van der Waals surface area contributed by atoms with Gasteiger partial charge in [-0.25, -0.2) is 9.78 Å². The highest BCUT2D eigenvalue weighted by atomic mass is 19.4. The number of nitrogens with zero attached hydrogens (tertiary/aromatic N) is 2. The summed E-state index contributed by atoms with van der Waals surface area (Å²) in [6, 6.07) is 9.48. The fourth-order valence-electron chi connectivity index (χ4n) is 5.32. The molecule has 3 aromatic rings. The number of hydrogen-bond donors (Lipinski definition) is 1. The number of ether oxygens (including phenoxy) is 2. The van der Waals surface area contributed by atoms with Crippen molar-refractivity contribution in [2.75, 3.05) is 12.4 Å². The van der Waals surface area contributed by atoms with Gasteiger partial charge in [0, 0.05) is 11.7 Å². The van der Waals surface area contributed by atoms with Gasteiger partial charge in [-0.05, 0) is 79.5 Å². The van der Waals surface area contributed by atoms with E-state index in [-0.39, 0.29) is 11.8 Å². The number of imidazole rings is 1. The molecule has 0 radical (unpaired) electrons. The first kappa shape index (κ1) is 25.9. The number of anilines is 2. The van der Waals surface area contributed by atoms with Crippen molar-refractivity contribution in [3.8, 4) is 5.75 Å². The Morgan fingerprint density at radius 3 is 2.47 bits per heavy atom. The number of methoxy groups -OCH3 is 1. The number of carbonyl (C=O) groups excluding carboxylic acids is 1. The Kier molecular flexibility index (Phi) is 7.20. The molecule has 1 fully saturated rings. The number of rotatable bonds is 6. The predicted molar refractivity (Wildman–Crippen MR) is 133 cm³/mol. The van der Waals surface area contributed by atoms with Gasteiger partial charge in [0.05, 0.1) is 23.7 Å². The smallest absolute Gasteiger partial charge is 0.465 e. The van der Waals surface area contributed by atoms with E-state index in [0.29, 0.717) is 40.5 Å². The molecule has 0 amide bonds. The zero-order chi connectivity index (χ0) is 26.2. The molecule has 0 bridgehead atoms. The molecule has 6 nitrogen and oxygen atoms in total. The van der Waals surface area contributed by atoms with Gasteiger partial charge >= 0.3 is 12.3 Å². The number of benzene rings is 2. The van der Waals surface area contributed by atoms with Crippen LogP contribution < -0.4 is 10.1 Å². The number of nitrogens with one attached hydrogen (secondary N) is 1. The second kappa shape index (κ2) is 10.0. The summed E-state index contributed by atoms with van der Waals surface area (Å²) in [5.74, 6) is 1.31. The second-order valence-electron chi connectivity index (χ2n) is 10.0.